The lowest BCUT2D eigenvalue weighted by molar-refractivity contribution is -0.123. The van der Waals surface area contributed by atoms with Crippen molar-refractivity contribution in [1.82, 2.24) is 4.90 Å². The van der Waals surface area contributed by atoms with Gasteiger partial charge in [-0.1, -0.05) is 54.6 Å². The molecule has 3 aromatic carbocycles. The average molecular weight is 502 g/mol. The number of hydrogen-bond acceptors (Lipinski definition) is 6. The second kappa shape index (κ2) is 11.0. The third kappa shape index (κ3) is 5.67. The van der Waals surface area contributed by atoms with Gasteiger partial charge in [0.15, 0.2) is 5.78 Å². The number of carbonyl (C=O) groups excluding carboxylic acids is 4. The Morgan fingerprint density at radius 2 is 1.61 bits per heavy atom. The SMILES string of the molecule is COC(=O)c1ccc(CN2C(=O)S/C(=C\c3ccc(/C=C/C(=O)c4ccccc4F)cc3)C2=O)cc1. The Kier molecular flexibility index (Phi) is 7.56. The van der Waals surface area contributed by atoms with Gasteiger partial charge in [0.2, 0.25) is 0 Å². The highest BCUT2D eigenvalue weighted by molar-refractivity contribution is 8.18. The zero-order chi connectivity index (χ0) is 25.7. The van der Waals surface area contributed by atoms with Crippen LogP contribution < -0.4 is 0 Å². The number of esters is 1. The molecule has 0 spiro atoms. The summed E-state index contributed by atoms with van der Waals surface area (Å²) >= 11 is 0.855. The summed E-state index contributed by atoms with van der Waals surface area (Å²) in [5.41, 5.74) is 2.51. The third-order valence-electron chi connectivity index (χ3n) is 5.39. The molecule has 6 nitrogen and oxygen atoms in total. The topological polar surface area (TPSA) is 80.8 Å². The average Bonchev–Trinajstić information content (AvgIpc) is 3.15. The zero-order valence-electron chi connectivity index (χ0n) is 19.1. The van der Waals surface area contributed by atoms with E-state index in [1.165, 1.54) is 31.4 Å². The van der Waals surface area contributed by atoms with E-state index >= 15 is 0 Å². The van der Waals surface area contributed by atoms with Crippen LogP contribution in [-0.4, -0.2) is 34.9 Å². The monoisotopic (exact) mass is 501 g/mol. The van der Waals surface area contributed by atoms with Gasteiger partial charge >= 0.3 is 5.97 Å². The van der Waals surface area contributed by atoms with Gasteiger partial charge in [-0.2, -0.15) is 0 Å². The van der Waals surface area contributed by atoms with Crippen LogP contribution in [0.5, 0.6) is 0 Å². The maximum absolute atomic E-state index is 13.7. The van der Waals surface area contributed by atoms with Crippen molar-refractivity contribution in [3.05, 3.63) is 117 Å². The number of allylic oxidation sites excluding steroid dienone is 1. The Hall–Kier alpha value is -4.30. The zero-order valence-corrected chi connectivity index (χ0v) is 20.0. The minimum Gasteiger partial charge on any atom is -0.465 e. The molecule has 36 heavy (non-hydrogen) atoms. The molecule has 0 aliphatic carbocycles. The van der Waals surface area contributed by atoms with E-state index < -0.39 is 23.5 Å². The van der Waals surface area contributed by atoms with Gasteiger partial charge < -0.3 is 4.74 Å². The Bertz CT molecular complexity index is 1390. The maximum atomic E-state index is 13.7. The Labute approximate surface area is 211 Å². The molecule has 3 aromatic rings. The minimum absolute atomic E-state index is 0.000466. The third-order valence-corrected chi connectivity index (χ3v) is 6.30. The van der Waals surface area contributed by atoms with Crippen molar-refractivity contribution in [2.45, 2.75) is 6.54 Å². The fraction of sp³-hybridized carbons (Fsp3) is 0.0714. The number of carbonyl (C=O) groups is 4. The largest absolute Gasteiger partial charge is 0.465 e. The van der Waals surface area contributed by atoms with Crippen LogP contribution >= 0.6 is 11.8 Å². The summed E-state index contributed by atoms with van der Waals surface area (Å²) in [6.45, 7) is 0.0865. The number of ether oxygens (including phenoxy) is 1. The van der Waals surface area contributed by atoms with Gasteiger partial charge in [-0.15, -0.1) is 0 Å². The number of benzene rings is 3. The van der Waals surface area contributed by atoms with E-state index in [-0.39, 0.29) is 17.3 Å². The number of imide groups is 1. The lowest BCUT2D eigenvalue weighted by Gasteiger charge is -2.12. The Morgan fingerprint density at radius 3 is 2.28 bits per heavy atom. The normalized spacial score (nSPS) is 14.6. The molecule has 180 valence electrons. The van der Waals surface area contributed by atoms with Crippen molar-refractivity contribution in [3.63, 3.8) is 0 Å². The van der Waals surface area contributed by atoms with Crippen LogP contribution in [0.4, 0.5) is 9.18 Å². The van der Waals surface area contributed by atoms with Gasteiger partial charge in [0.25, 0.3) is 11.1 Å². The highest BCUT2D eigenvalue weighted by Crippen LogP contribution is 2.33. The molecule has 1 saturated heterocycles. The predicted octanol–water partition coefficient (Wildman–Crippen LogP) is 5.74. The molecule has 1 aliphatic heterocycles. The summed E-state index contributed by atoms with van der Waals surface area (Å²) in [5, 5.41) is -0.380. The molecule has 0 aromatic heterocycles. The van der Waals surface area contributed by atoms with Crippen LogP contribution in [0.15, 0.2) is 83.8 Å². The smallest absolute Gasteiger partial charge is 0.337 e. The molecule has 0 unspecified atom stereocenters. The minimum atomic E-state index is -0.574. The first-order chi connectivity index (χ1) is 17.4. The molecular formula is C28H20FNO5S. The van der Waals surface area contributed by atoms with E-state index in [1.54, 1.807) is 66.7 Å². The maximum Gasteiger partial charge on any atom is 0.337 e. The first-order valence-corrected chi connectivity index (χ1v) is 11.7. The van der Waals surface area contributed by atoms with Gasteiger partial charge in [-0.05, 0) is 64.9 Å². The molecule has 8 heteroatoms. The summed E-state index contributed by atoms with van der Waals surface area (Å²) in [5.74, 6) is -1.88. The van der Waals surface area contributed by atoms with Crippen LogP contribution in [-0.2, 0) is 16.1 Å². The fourth-order valence-corrected chi connectivity index (χ4v) is 4.30. The molecular weight excluding hydrogens is 481 g/mol. The van der Waals surface area contributed by atoms with Gasteiger partial charge in [0.1, 0.15) is 5.82 Å². The summed E-state index contributed by atoms with van der Waals surface area (Å²) < 4.78 is 18.4. The molecule has 0 bridgehead atoms. The van der Waals surface area contributed by atoms with Gasteiger partial charge in [-0.25, -0.2) is 9.18 Å². The molecule has 0 atom stereocenters. The summed E-state index contributed by atoms with van der Waals surface area (Å²) in [7, 11) is 1.29. The van der Waals surface area contributed by atoms with Gasteiger partial charge in [-0.3, -0.25) is 19.3 Å². The molecule has 2 amide bonds. The number of rotatable bonds is 7. The molecule has 1 fully saturated rings. The number of thioether (sulfide) groups is 1. The molecule has 4 rings (SSSR count). The van der Waals surface area contributed by atoms with Crippen LogP contribution in [0.2, 0.25) is 0 Å². The quantitative estimate of drug-likeness (QED) is 0.233. The van der Waals surface area contributed by atoms with Crippen LogP contribution in [0, 0.1) is 5.82 Å². The highest BCUT2D eigenvalue weighted by Gasteiger charge is 2.35. The summed E-state index contributed by atoms with van der Waals surface area (Å²) in [6.07, 6.45) is 4.51. The van der Waals surface area contributed by atoms with Crippen molar-refractivity contribution < 1.29 is 28.3 Å². The van der Waals surface area contributed by atoms with Crippen molar-refractivity contribution in [1.29, 1.82) is 0 Å². The lowest BCUT2D eigenvalue weighted by atomic mass is 10.1. The van der Waals surface area contributed by atoms with Crippen molar-refractivity contribution in [2.24, 2.45) is 0 Å². The second-order valence-corrected chi connectivity index (χ2v) is 8.79. The number of hydrogen-bond donors (Lipinski definition) is 0. The van der Waals surface area contributed by atoms with Crippen molar-refractivity contribution in [3.8, 4) is 0 Å². The van der Waals surface area contributed by atoms with Gasteiger partial charge in [0.05, 0.1) is 29.7 Å². The number of ketones is 1. The number of halogens is 1. The van der Waals surface area contributed by atoms with E-state index in [0.717, 1.165) is 22.2 Å². The van der Waals surface area contributed by atoms with Crippen LogP contribution in [0.3, 0.4) is 0 Å². The van der Waals surface area contributed by atoms with Crippen molar-refractivity contribution >= 4 is 46.8 Å². The van der Waals surface area contributed by atoms with E-state index in [1.807, 2.05) is 0 Å². The molecule has 1 aliphatic rings. The number of amides is 2. The highest BCUT2D eigenvalue weighted by atomic mass is 32.2. The van der Waals surface area contributed by atoms with E-state index in [9.17, 15) is 23.6 Å². The number of methoxy groups -OCH3 is 1. The second-order valence-electron chi connectivity index (χ2n) is 7.80. The predicted molar refractivity (Wildman–Crippen MR) is 136 cm³/mol. The first-order valence-electron chi connectivity index (χ1n) is 10.9. The van der Waals surface area contributed by atoms with Crippen LogP contribution in [0.1, 0.15) is 37.4 Å². The molecule has 0 N–H and O–H groups in total. The lowest BCUT2D eigenvalue weighted by Crippen LogP contribution is -2.27. The van der Waals surface area contributed by atoms with Crippen molar-refractivity contribution in [2.75, 3.05) is 7.11 Å². The Morgan fingerprint density at radius 1 is 0.944 bits per heavy atom. The Balaban J connectivity index is 1.41. The van der Waals surface area contributed by atoms with E-state index in [0.29, 0.717) is 21.6 Å². The van der Waals surface area contributed by atoms with E-state index in [2.05, 4.69) is 4.74 Å². The summed E-state index contributed by atoms with van der Waals surface area (Å²) in [4.78, 5) is 50.5. The summed E-state index contributed by atoms with van der Waals surface area (Å²) in [6, 6.07) is 19.3. The van der Waals surface area contributed by atoms with Crippen LogP contribution in [0.25, 0.3) is 12.2 Å². The standard InChI is InChI=1S/C28H20FNO5S/c1-35-27(33)21-13-10-20(11-14-21)17-30-26(32)25(36-28(30)34)16-19-8-6-18(7-9-19)12-15-24(31)22-4-2-3-5-23(22)29/h2-16H,17H2,1H3/b15-12+,25-16-. The fourth-order valence-electron chi connectivity index (χ4n) is 3.46. The number of nitrogens with zero attached hydrogens (tertiary/aromatic N) is 1. The van der Waals surface area contributed by atoms with Gasteiger partial charge in [0, 0.05) is 0 Å². The molecule has 1 heterocycles. The van der Waals surface area contributed by atoms with E-state index in [4.69, 9.17) is 0 Å². The molecule has 0 saturated carbocycles. The first kappa shape index (κ1) is 24.8. The molecule has 0 radical (unpaired) electrons.